The molecule has 0 atom stereocenters. The Bertz CT molecular complexity index is 1070. The predicted molar refractivity (Wildman–Crippen MR) is 134 cm³/mol. The fraction of sp³-hybridized carbons (Fsp3) is 0.346. The Morgan fingerprint density at radius 1 is 1.06 bits per heavy atom. The summed E-state index contributed by atoms with van der Waals surface area (Å²) >= 11 is 1.58. The summed E-state index contributed by atoms with van der Waals surface area (Å²) in [6, 6.07) is 19.8. The molecule has 2 heterocycles. The molecular weight excluding hydrogens is 448 g/mol. The first kappa shape index (κ1) is 24.2. The Morgan fingerprint density at radius 3 is 2.50 bits per heavy atom. The molecule has 7 nitrogen and oxygen atoms in total. The topological polar surface area (TPSA) is 67.8 Å². The molecule has 1 aromatic heterocycles. The second-order valence-corrected chi connectivity index (χ2v) is 9.11. The van der Waals surface area contributed by atoms with Crippen molar-refractivity contribution in [1.29, 1.82) is 0 Å². The SMILES string of the molecule is COCc1cc(N2CCOCC2)nc(SCc2ccc(C(=O)N(C)Cc3ccccc3)cc2)n1. The Hall–Kier alpha value is -2.94. The van der Waals surface area contributed by atoms with Crippen LogP contribution < -0.4 is 4.90 Å². The van der Waals surface area contributed by atoms with Crippen molar-refractivity contribution in [3.05, 3.63) is 83.0 Å². The number of hydrogen-bond acceptors (Lipinski definition) is 7. The number of ether oxygens (including phenoxy) is 2. The third kappa shape index (κ3) is 6.56. The Morgan fingerprint density at radius 2 is 1.79 bits per heavy atom. The molecule has 1 aliphatic heterocycles. The first-order valence-electron chi connectivity index (χ1n) is 11.3. The van der Waals surface area contributed by atoms with Crippen LogP contribution in [0.1, 0.15) is 27.2 Å². The minimum absolute atomic E-state index is 0.00816. The van der Waals surface area contributed by atoms with Gasteiger partial charge in [0.1, 0.15) is 5.82 Å². The zero-order valence-corrected chi connectivity index (χ0v) is 20.5. The van der Waals surface area contributed by atoms with Gasteiger partial charge < -0.3 is 19.3 Å². The van der Waals surface area contributed by atoms with E-state index in [9.17, 15) is 4.79 Å². The van der Waals surface area contributed by atoms with Crippen LogP contribution in [0.2, 0.25) is 0 Å². The average molecular weight is 479 g/mol. The van der Waals surface area contributed by atoms with Crippen LogP contribution in [0.4, 0.5) is 5.82 Å². The second kappa shape index (κ2) is 12.0. The quantitative estimate of drug-likeness (QED) is 0.340. The van der Waals surface area contributed by atoms with E-state index in [2.05, 4.69) is 9.88 Å². The molecule has 0 spiro atoms. The van der Waals surface area contributed by atoms with Crippen LogP contribution in [0, 0.1) is 0 Å². The van der Waals surface area contributed by atoms with Gasteiger partial charge in [0.05, 0.1) is 25.5 Å². The third-order valence-electron chi connectivity index (χ3n) is 5.55. The van der Waals surface area contributed by atoms with Gasteiger partial charge in [0.15, 0.2) is 5.16 Å². The van der Waals surface area contributed by atoms with E-state index in [0.29, 0.717) is 37.7 Å². The molecule has 4 rings (SSSR count). The summed E-state index contributed by atoms with van der Waals surface area (Å²) in [5, 5.41) is 0.721. The monoisotopic (exact) mass is 478 g/mol. The van der Waals surface area contributed by atoms with Gasteiger partial charge in [-0.25, -0.2) is 9.97 Å². The zero-order valence-electron chi connectivity index (χ0n) is 19.6. The summed E-state index contributed by atoms with van der Waals surface area (Å²) in [4.78, 5) is 26.2. The van der Waals surface area contributed by atoms with Crippen molar-refractivity contribution in [3.63, 3.8) is 0 Å². The summed E-state index contributed by atoms with van der Waals surface area (Å²) in [5.74, 6) is 1.64. The van der Waals surface area contributed by atoms with E-state index in [1.807, 2.05) is 67.7 Å². The number of anilines is 1. The number of nitrogens with zero attached hydrogens (tertiary/aromatic N) is 4. The second-order valence-electron chi connectivity index (χ2n) is 8.16. The summed E-state index contributed by atoms with van der Waals surface area (Å²) in [6.07, 6.45) is 0. The molecule has 2 aromatic carbocycles. The molecule has 0 aliphatic carbocycles. The van der Waals surface area contributed by atoms with E-state index in [1.54, 1.807) is 23.8 Å². The van der Waals surface area contributed by atoms with Gasteiger partial charge >= 0.3 is 0 Å². The van der Waals surface area contributed by atoms with Crippen molar-refractivity contribution in [1.82, 2.24) is 14.9 Å². The minimum atomic E-state index is 0.00816. The van der Waals surface area contributed by atoms with E-state index < -0.39 is 0 Å². The zero-order chi connectivity index (χ0) is 23.8. The lowest BCUT2D eigenvalue weighted by atomic mass is 10.1. The molecule has 178 valence electrons. The van der Waals surface area contributed by atoms with Crippen LogP contribution >= 0.6 is 11.8 Å². The summed E-state index contributed by atoms with van der Waals surface area (Å²) in [7, 11) is 3.50. The number of thioether (sulfide) groups is 1. The molecule has 8 heteroatoms. The van der Waals surface area contributed by atoms with Crippen molar-refractivity contribution in [2.24, 2.45) is 0 Å². The summed E-state index contributed by atoms with van der Waals surface area (Å²) in [6.45, 7) is 4.08. The van der Waals surface area contributed by atoms with Crippen molar-refractivity contribution in [2.45, 2.75) is 24.1 Å². The van der Waals surface area contributed by atoms with Gasteiger partial charge in [0.2, 0.25) is 0 Å². The highest BCUT2D eigenvalue weighted by atomic mass is 32.2. The largest absolute Gasteiger partial charge is 0.378 e. The Labute approximate surface area is 205 Å². The lowest BCUT2D eigenvalue weighted by Gasteiger charge is -2.28. The molecule has 0 N–H and O–H groups in total. The maximum absolute atomic E-state index is 12.8. The van der Waals surface area contributed by atoms with Gasteiger partial charge in [0.25, 0.3) is 5.91 Å². The molecule has 1 saturated heterocycles. The molecular formula is C26H30N4O3S. The molecule has 0 radical (unpaired) electrons. The van der Waals surface area contributed by atoms with Crippen molar-refractivity contribution >= 4 is 23.5 Å². The molecule has 34 heavy (non-hydrogen) atoms. The van der Waals surface area contributed by atoms with Crippen LogP contribution in [-0.2, 0) is 28.4 Å². The smallest absolute Gasteiger partial charge is 0.253 e. The average Bonchev–Trinajstić information content (AvgIpc) is 2.88. The fourth-order valence-electron chi connectivity index (χ4n) is 3.74. The molecule has 0 unspecified atom stereocenters. The van der Waals surface area contributed by atoms with E-state index in [0.717, 1.165) is 40.9 Å². The maximum Gasteiger partial charge on any atom is 0.253 e. The maximum atomic E-state index is 12.8. The first-order valence-corrected chi connectivity index (χ1v) is 12.3. The Balaban J connectivity index is 1.38. The fourth-order valence-corrected chi connectivity index (χ4v) is 4.57. The van der Waals surface area contributed by atoms with Crippen LogP contribution in [0.5, 0.6) is 0 Å². The standard InChI is InChI=1S/C26H30N4O3S/c1-29(17-20-6-4-3-5-7-20)25(31)22-10-8-21(9-11-22)19-34-26-27-23(18-32-2)16-24(28-26)30-12-14-33-15-13-30/h3-11,16H,12-15,17-19H2,1-2H3. The van der Waals surface area contributed by atoms with Crippen LogP contribution in [-0.4, -0.2) is 61.2 Å². The molecule has 1 fully saturated rings. The molecule has 3 aromatic rings. The lowest BCUT2D eigenvalue weighted by molar-refractivity contribution is 0.0785. The molecule has 0 saturated carbocycles. The first-order chi connectivity index (χ1) is 16.6. The number of benzene rings is 2. The number of carbonyl (C=O) groups excluding carboxylic acids is 1. The highest BCUT2D eigenvalue weighted by Crippen LogP contribution is 2.24. The van der Waals surface area contributed by atoms with Gasteiger partial charge in [-0.05, 0) is 23.3 Å². The minimum Gasteiger partial charge on any atom is -0.378 e. The number of carbonyl (C=O) groups is 1. The predicted octanol–water partition coefficient (Wildman–Crippen LogP) is 4.02. The summed E-state index contributed by atoms with van der Waals surface area (Å²) < 4.78 is 10.8. The molecule has 0 bridgehead atoms. The Kier molecular flexibility index (Phi) is 8.51. The lowest BCUT2D eigenvalue weighted by Crippen LogP contribution is -2.37. The van der Waals surface area contributed by atoms with Crippen LogP contribution in [0.3, 0.4) is 0 Å². The van der Waals surface area contributed by atoms with Crippen LogP contribution in [0.15, 0.2) is 65.8 Å². The number of morpholine rings is 1. The highest BCUT2D eigenvalue weighted by Gasteiger charge is 2.16. The highest BCUT2D eigenvalue weighted by molar-refractivity contribution is 7.98. The van der Waals surface area contributed by atoms with E-state index >= 15 is 0 Å². The van der Waals surface area contributed by atoms with Gasteiger partial charge in [-0.3, -0.25) is 4.79 Å². The van der Waals surface area contributed by atoms with Gasteiger partial charge in [-0.1, -0.05) is 54.2 Å². The van der Waals surface area contributed by atoms with E-state index in [-0.39, 0.29) is 5.91 Å². The van der Waals surface area contributed by atoms with Crippen molar-refractivity contribution < 1.29 is 14.3 Å². The van der Waals surface area contributed by atoms with Crippen molar-refractivity contribution in [3.8, 4) is 0 Å². The van der Waals surface area contributed by atoms with E-state index in [1.165, 1.54) is 0 Å². The molecule has 1 aliphatic rings. The molecule has 1 amide bonds. The van der Waals surface area contributed by atoms with Gasteiger partial charge in [0, 0.05) is 51.2 Å². The number of rotatable bonds is 9. The number of hydrogen-bond donors (Lipinski definition) is 0. The van der Waals surface area contributed by atoms with Crippen molar-refractivity contribution in [2.75, 3.05) is 45.4 Å². The number of methoxy groups -OCH3 is 1. The van der Waals surface area contributed by atoms with Gasteiger partial charge in [-0.2, -0.15) is 0 Å². The summed E-state index contributed by atoms with van der Waals surface area (Å²) in [5.41, 5.74) is 3.77. The normalized spacial score (nSPS) is 13.6. The van der Waals surface area contributed by atoms with E-state index in [4.69, 9.17) is 14.5 Å². The number of amides is 1. The van der Waals surface area contributed by atoms with Gasteiger partial charge in [-0.15, -0.1) is 0 Å². The van der Waals surface area contributed by atoms with Crippen LogP contribution in [0.25, 0.3) is 0 Å². The third-order valence-corrected chi connectivity index (χ3v) is 6.47. The number of aromatic nitrogens is 2.